The van der Waals surface area contributed by atoms with Gasteiger partial charge in [-0.15, -0.1) is 0 Å². The molecule has 0 spiro atoms. The van der Waals surface area contributed by atoms with E-state index in [2.05, 4.69) is 4.98 Å². The number of anilines is 1. The fourth-order valence-electron chi connectivity index (χ4n) is 2.75. The average Bonchev–Trinajstić information content (AvgIpc) is 2.97. The molecule has 1 N–H and O–H groups in total. The standard InChI is InChI=1S/C16H15FN2O2/c17-13-5-2-1-4-12(13)11-8-9-19(10-11)15-7-3-6-14(18-15)16(20)21/h1-7,11H,8-10H2,(H,20,21). The van der Waals surface area contributed by atoms with Crippen molar-refractivity contribution in [3.05, 3.63) is 59.5 Å². The van der Waals surface area contributed by atoms with Crippen LogP contribution in [0.1, 0.15) is 28.4 Å². The van der Waals surface area contributed by atoms with Crippen LogP contribution in [0.25, 0.3) is 0 Å². The Balaban J connectivity index is 1.80. The number of aromatic nitrogens is 1. The number of rotatable bonds is 3. The summed E-state index contributed by atoms with van der Waals surface area (Å²) in [4.78, 5) is 17.1. The quantitative estimate of drug-likeness (QED) is 0.942. The zero-order valence-corrected chi connectivity index (χ0v) is 11.4. The van der Waals surface area contributed by atoms with Gasteiger partial charge in [0.2, 0.25) is 0 Å². The largest absolute Gasteiger partial charge is 0.477 e. The number of hydrogen-bond donors (Lipinski definition) is 1. The predicted molar refractivity (Wildman–Crippen MR) is 77.2 cm³/mol. The summed E-state index contributed by atoms with van der Waals surface area (Å²) in [6.07, 6.45) is 0.833. The molecule has 1 aromatic carbocycles. The Labute approximate surface area is 121 Å². The van der Waals surface area contributed by atoms with Gasteiger partial charge in [0.1, 0.15) is 11.6 Å². The SMILES string of the molecule is O=C(O)c1cccc(N2CCC(c3ccccc3F)C2)n1. The molecule has 5 heteroatoms. The summed E-state index contributed by atoms with van der Waals surface area (Å²) >= 11 is 0. The molecule has 108 valence electrons. The Kier molecular flexibility index (Phi) is 3.56. The monoisotopic (exact) mass is 286 g/mol. The summed E-state index contributed by atoms with van der Waals surface area (Å²) in [5, 5.41) is 8.99. The summed E-state index contributed by atoms with van der Waals surface area (Å²) in [6, 6.07) is 11.7. The van der Waals surface area contributed by atoms with Crippen molar-refractivity contribution in [1.82, 2.24) is 4.98 Å². The lowest BCUT2D eigenvalue weighted by Crippen LogP contribution is -2.21. The third kappa shape index (κ3) is 2.72. The molecule has 1 aliphatic rings. The van der Waals surface area contributed by atoms with Crippen molar-refractivity contribution in [1.29, 1.82) is 0 Å². The van der Waals surface area contributed by atoms with Crippen LogP contribution in [0.15, 0.2) is 42.5 Å². The van der Waals surface area contributed by atoms with Crippen LogP contribution < -0.4 is 4.90 Å². The second kappa shape index (κ2) is 5.52. The summed E-state index contributed by atoms with van der Waals surface area (Å²) in [5.41, 5.74) is 0.747. The number of nitrogens with zero attached hydrogens (tertiary/aromatic N) is 2. The maximum atomic E-state index is 13.8. The number of benzene rings is 1. The Bertz CT molecular complexity index is 675. The maximum absolute atomic E-state index is 13.8. The summed E-state index contributed by atoms with van der Waals surface area (Å²) in [5.74, 6) is -0.478. The van der Waals surface area contributed by atoms with Crippen LogP contribution in [0.2, 0.25) is 0 Å². The Morgan fingerprint density at radius 2 is 2.05 bits per heavy atom. The first-order valence-corrected chi connectivity index (χ1v) is 6.85. The molecule has 0 saturated carbocycles. The van der Waals surface area contributed by atoms with E-state index in [0.717, 1.165) is 18.5 Å². The van der Waals surface area contributed by atoms with E-state index in [9.17, 15) is 9.18 Å². The lowest BCUT2D eigenvalue weighted by atomic mass is 9.98. The highest BCUT2D eigenvalue weighted by atomic mass is 19.1. The number of carboxylic acid groups (broad SMARTS) is 1. The fourth-order valence-corrected chi connectivity index (χ4v) is 2.75. The van der Waals surface area contributed by atoms with Crippen LogP contribution in [0.4, 0.5) is 10.2 Å². The zero-order valence-electron chi connectivity index (χ0n) is 11.4. The summed E-state index contributed by atoms with van der Waals surface area (Å²) in [7, 11) is 0. The van der Waals surface area contributed by atoms with Gasteiger partial charge in [0.25, 0.3) is 0 Å². The minimum absolute atomic E-state index is 0.0295. The van der Waals surface area contributed by atoms with Crippen LogP contribution in [-0.2, 0) is 0 Å². The van der Waals surface area contributed by atoms with E-state index in [1.807, 2.05) is 17.0 Å². The van der Waals surface area contributed by atoms with E-state index < -0.39 is 5.97 Å². The van der Waals surface area contributed by atoms with Gasteiger partial charge < -0.3 is 10.0 Å². The van der Waals surface area contributed by atoms with Gasteiger partial charge >= 0.3 is 5.97 Å². The van der Waals surface area contributed by atoms with E-state index in [1.54, 1.807) is 18.2 Å². The minimum atomic E-state index is -1.04. The molecule has 4 nitrogen and oxygen atoms in total. The highest BCUT2D eigenvalue weighted by Gasteiger charge is 2.26. The Hall–Kier alpha value is -2.43. The molecule has 0 bridgehead atoms. The molecule has 1 atom stereocenters. The molecule has 1 unspecified atom stereocenters. The number of carboxylic acids is 1. The summed E-state index contributed by atoms with van der Waals surface area (Å²) in [6.45, 7) is 1.39. The van der Waals surface area contributed by atoms with Gasteiger partial charge in [-0.1, -0.05) is 24.3 Å². The highest BCUT2D eigenvalue weighted by molar-refractivity contribution is 5.85. The van der Waals surface area contributed by atoms with E-state index >= 15 is 0 Å². The van der Waals surface area contributed by atoms with E-state index in [-0.39, 0.29) is 17.4 Å². The van der Waals surface area contributed by atoms with Gasteiger partial charge in [0, 0.05) is 19.0 Å². The number of halogens is 1. The number of carbonyl (C=O) groups is 1. The molecular formula is C16H15FN2O2. The molecule has 3 rings (SSSR count). The molecule has 0 aliphatic carbocycles. The van der Waals surface area contributed by atoms with Crippen molar-refractivity contribution in [2.45, 2.75) is 12.3 Å². The van der Waals surface area contributed by atoms with Crippen molar-refractivity contribution in [2.24, 2.45) is 0 Å². The highest BCUT2D eigenvalue weighted by Crippen LogP contribution is 2.31. The van der Waals surface area contributed by atoms with Crippen molar-refractivity contribution in [3.8, 4) is 0 Å². The smallest absolute Gasteiger partial charge is 0.354 e. The first kappa shape index (κ1) is 13.5. The van der Waals surface area contributed by atoms with Gasteiger partial charge in [-0.3, -0.25) is 0 Å². The fraction of sp³-hybridized carbons (Fsp3) is 0.250. The number of hydrogen-bond acceptors (Lipinski definition) is 3. The molecule has 1 saturated heterocycles. The third-order valence-corrected chi connectivity index (χ3v) is 3.81. The van der Waals surface area contributed by atoms with Crippen molar-refractivity contribution in [3.63, 3.8) is 0 Å². The van der Waals surface area contributed by atoms with Crippen LogP contribution in [-0.4, -0.2) is 29.1 Å². The normalized spacial score (nSPS) is 18.0. The zero-order chi connectivity index (χ0) is 14.8. The average molecular weight is 286 g/mol. The molecule has 21 heavy (non-hydrogen) atoms. The first-order valence-electron chi connectivity index (χ1n) is 6.85. The summed E-state index contributed by atoms with van der Waals surface area (Å²) < 4.78 is 13.8. The predicted octanol–water partition coefficient (Wildman–Crippen LogP) is 2.91. The molecule has 1 aromatic heterocycles. The second-order valence-electron chi connectivity index (χ2n) is 5.14. The van der Waals surface area contributed by atoms with Crippen LogP contribution >= 0.6 is 0 Å². The molecule has 1 fully saturated rings. The lowest BCUT2D eigenvalue weighted by Gasteiger charge is -2.18. The maximum Gasteiger partial charge on any atom is 0.354 e. The first-order chi connectivity index (χ1) is 10.1. The molecular weight excluding hydrogens is 271 g/mol. The topological polar surface area (TPSA) is 53.4 Å². The number of aromatic carboxylic acids is 1. The van der Waals surface area contributed by atoms with E-state index in [0.29, 0.717) is 12.4 Å². The van der Waals surface area contributed by atoms with Gasteiger partial charge in [-0.05, 0) is 30.2 Å². The molecule has 0 amide bonds. The van der Waals surface area contributed by atoms with Gasteiger partial charge in [0.05, 0.1) is 0 Å². The van der Waals surface area contributed by atoms with E-state index in [1.165, 1.54) is 12.1 Å². The Morgan fingerprint density at radius 3 is 2.81 bits per heavy atom. The van der Waals surface area contributed by atoms with Crippen LogP contribution in [0.5, 0.6) is 0 Å². The van der Waals surface area contributed by atoms with Gasteiger partial charge in [-0.25, -0.2) is 14.2 Å². The third-order valence-electron chi connectivity index (χ3n) is 3.81. The van der Waals surface area contributed by atoms with Crippen molar-refractivity contribution in [2.75, 3.05) is 18.0 Å². The molecule has 2 aromatic rings. The Morgan fingerprint density at radius 1 is 1.24 bits per heavy atom. The van der Waals surface area contributed by atoms with Gasteiger partial charge in [-0.2, -0.15) is 0 Å². The van der Waals surface area contributed by atoms with Crippen molar-refractivity contribution >= 4 is 11.8 Å². The minimum Gasteiger partial charge on any atom is -0.477 e. The van der Waals surface area contributed by atoms with Gasteiger partial charge in [0.15, 0.2) is 5.69 Å². The van der Waals surface area contributed by atoms with Crippen LogP contribution in [0.3, 0.4) is 0 Å². The second-order valence-corrected chi connectivity index (χ2v) is 5.14. The lowest BCUT2D eigenvalue weighted by molar-refractivity contribution is 0.0690. The molecule has 0 radical (unpaired) electrons. The molecule has 1 aliphatic heterocycles. The van der Waals surface area contributed by atoms with Crippen molar-refractivity contribution < 1.29 is 14.3 Å². The van der Waals surface area contributed by atoms with Crippen LogP contribution in [0, 0.1) is 5.82 Å². The number of pyridine rings is 1. The van der Waals surface area contributed by atoms with E-state index in [4.69, 9.17) is 5.11 Å². The molecule has 2 heterocycles.